The van der Waals surface area contributed by atoms with E-state index < -0.39 is 0 Å². The maximum absolute atomic E-state index is 12.5. The smallest absolute Gasteiger partial charge is 0.254 e. The van der Waals surface area contributed by atoms with Gasteiger partial charge in [-0.25, -0.2) is 0 Å². The summed E-state index contributed by atoms with van der Waals surface area (Å²) < 4.78 is 0. The number of benzene rings is 1. The highest BCUT2D eigenvalue weighted by Crippen LogP contribution is 2.22. The third-order valence-corrected chi connectivity index (χ3v) is 3.55. The molecule has 1 aromatic rings. The van der Waals surface area contributed by atoms with Gasteiger partial charge in [0.15, 0.2) is 0 Å². The molecule has 0 saturated carbocycles. The van der Waals surface area contributed by atoms with Crippen LogP contribution in [0.1, 0.15) is 28.8 Å². The number of amides is 2. The first-order chi connectivity index (χ1) is 9.04. The minimum absolute atomic E-state index is 0. The SMILES string of the molecule is CNC(=O)C1CCCN1C(=O)c1cc(N)ccc1C.Cl. The van der Waals surface area contributed by atoms with Crippen LogP contribution in [0.3, 0.4) is 0 Å². The van der Waals surface area contributed by atoms with E-state index in [0.717, 1.165) is 12.0 Å². The highest BCUT2D eigenvalue weighted by molar-refractivity contribution is 5.99. The fraction of sp³-hybridized carbons (Fsp3) is 0.429. The van der Waals surface area contributed by atoms with Gasteiger partial charge in [-0.15, -0.1) is 12.4 Å². The Morgan fingerprint density at radius 3 is 2.75 bits per heavy atom. The maximum Gasteiger partial charge on any atom is 0.254 e. The number of nitrogen functional groups attached to an aromatic ring is 1. The molecule has 0 spiro atoms. The lowest BCUT2D eigenvalue weighted by Gasteiger charge is -2.24. The van der Waals surface area contributed by atoms with Gasteiger partial charge in [0.25, 0.3) is 5.91 Å². The minimum atomic E-state index is -0.363. The second-order valence-corrected chi connectivity index (χ2v) is 4.85. The predicted octanol–water partition coefficient (Wildman–Crippen LogP) is 1.35. The monoisotopic (exact) mass is 297 g/mol. The van der Waals surface area contributed by atoms with Crippen molar-refractivity contribution in [3.8, 4) is 0 Å². The normalized spacial score (nSPS) is 17.5. The highest BCUT2D eigenvalue weighted by Gasteiger charge is 2.34. The van der Waals surface area contributed by atoms with E-state index in [4.69, 9.17) is 5.73 Å². The van der Waals surface area contributed by atoms with Crippen molar-refractivity contribution in [1.29, 1.82) is 0 Å². The summed E-state index contributed by atoms with van der Waals surface area (Å²) in [6.45, 7) is 2.49. The van der Waals surface area contributed by atoms with E-state index in [-0.39, 0.29) is 30.3 Å². The summed E-state index contributed by atoms with van der Waals surface area (Å²) in [4.78, 5) is 26.0. The molecule has 5 nitrogen and oxygen atoms in total. The van der Waals surface area contributed by atoms with Crippen molar-refractivity contribution < 1.29 is 9.59 Å². The molecular weight excluding hydrogens is 278 g/mol. The number of halogens is 1. The number of carbonyl (C=O) groups excluding carboxylic acids is 2. The quantitative estimate of drug-likeness (QED) is 0.809. The molecule has 1 aliphatic rings. The number of aryl methyl sites for hydroxylation is 1. The summed E-state index contributed by atoms with van der Waals surface area (Å²) in [6.07, 6.45) is 1.57. The second-order valence-electron chi connectivity index (χ2n) is 4.85. The van der Waals surface area contributed by atoms with Crippen molar-refractivity contribution >= 4 is 29.9 Å². The lowest BCUT2D eigenvalue weighted by atomic mass is 10.1. The van der Waals surface area contributed by atoms with Crippen LogP contribution in [0.5, 0.6) is 0 Å². The van der Waals surface area contributed by atoms with Crippen LogP contribution in [0.25, 0.3) is 0 Å². The summed E-state index contributed by atoms with van der Waals surface area (Å²) in [7, 11) is 1.59. The van der Waals surface area contributed by atoms with Gasteiger partial charge in [-0.2, -0.15) is 0 Å². The Morgan fingerprint density at radius 2 is 2.10 bits per heavy atom. The van der Waals surface area contributed by atoms with Crippen LogP contribution < -0.4 is 11.1 Å². The molecule has 1 aliphatic heterocycles. The molecule has 0 radical (unpaired) electrons. The molecule has 3 N–H and O–H groups in total. The van der Waals surface area contributed by atoms with Crippen LogP contribution in [-0.2, 0) is 4.79 Å². The number of carbonyl (C=O) groups is 2. The first-order valence-electron chi connectivity index (χ1n) is 6.43. The Hall–Kier alpha value is -1.75. The topological polar surface area (TPSA) is 75.4 Å². The number of nitrogens with zero attached hydrogens (tertiary/aromatic N) is 1. The number of nitrogens with two attached hydrogens (primary N) is 1. The predicted molar refractivity (Wildman–Crippen MR) is 81.0 cm³/mol. The molecule has 1 fully saturated rings. The molecule has 1 heterocycles. The molecule has 0 bridgehead atoms. The Morgan fingerprint density at radius 1 is 1.40 bits per heavy atom. The van der Waals surface area contributed by atoms with Gasteiger partial charge in [0.2, 0.25) is 5.91 Å². The van der Waals surface area contributed by atoms with Gasteiger partial charge in [-0.1, -0.05) is 6.07 Å². The summed E-state index contributed by atoms with van der Waals surface area (Å²) in [5.41, 5.74) is 7.75. The molecule has 2 rings (SSSR count). The van der Waals surface area contributed by atoms with Gasteiger partial charge in [-0.3, -0.25) is 9.59 Å². The Bertz CT molecular complexity index is 519. The van der Waals surface area contributed by atoms with E-state index in [2.05, 4.69) is 5.32 Å². The van der Waals surface area contributed by atoms with Gasteiger partial charge in [0.1, 0.15) is 6.04 Å². The maximum atomic E-state index is 12.5. The third kappa shape index (κ3) is 3.04. The molecule has 1 saturated heterocycles. The molecule has 2 amide bonds. The van der Waals surface area contributed by atoms with Crippen molar-refractivity contribution in [2.24, 2.45) is 0 Å². The summed E-state index contributed by atoms with van der Waals surface area (Å²) in [6, 6.07) is 4.91. The minimum Gasteiger partial charge on any atom is -0.399 e. The zero-order valence-corrected chi connectivity index (χ0v) is 12.5. The molecule has 1 atom stereocenters. The van der Waals surface area contributed by atoms with Crippen molar-refractivity contribution in [3.05, 3.63) is 29.3 Å². The fourth-order valence-electron chi connectivity index (χ4n) is 2.47. The van der Waals surface area contributed by atoms with E-state index in [1.165, 1.54) is 0 Å². The van der Waals surface area contributed by atoms with Crippen LogP contribution in [0, 0.1) is 6.92 Å². The molecule has 6 heteroatoms. The number of hydrogen-bond donors (Lipinski definition) is 2. The van der Waals surface area contributed by atoms with E-state index in [0.29, 0.717) is 24.2 Å². The van der Waals surface area contributed by atoms with Crippen molar-refractivity contribution in [1.82, 2.24) is 10.2 Å². The van der Waals surface area contributed by atoms with Gasteiger partial charge in [0, 0.05) is 24.8 Å². The third-order valence-electron chi connectivity index (χ3n) is 3.55. The zero-order chi connectivity index (χ0) is 14.0. The number of likely N-dealkylation sites (tertiary alicyclic amines) is 1. The molecular formula is C14H20ClN3O2. The number of rotatable bonds is 2. The lowest BCUT2D eigenvalue weighted by molar-refractivity contribution is -0.124. The lowest BCUT2D eigenvalue weighted by Crippen LogP contribution is -2.45. The van der Waals surface area contributed by atoms with E-state index in [1.54, 1.807) is 24.1 Å². The average Bonchev–Trinajstić information content (AvgIpc) is 2.89. The molecule has 0 aliphatic carbocycles. The van der Waals surface area contributed by atoms with Crippen LogP contribution >= 0.6 is 12.4 Å². The van der Waals surface area contributed by atoms with E-state index in [1.807, 2.05) is 13.0 Å². The first kappa shape index (κ1) is 16.3. The largest absolute Gasteiger partial charge is 0.399 e. The molecule has 20 heavy (non-hydrogen) atoms. The summed E-state index contributed by atoms with van der Waals surface area (Å²) >= 11 is 0. The zero-order valence-electron chi connectivity index (χ0n) is 11.7. The number of nitrogens with one attached hydrogen (secondary N) is 1. The van der Waals surface area contributed by atoms with Crippen LogP contribution in [-0.4, -0.2) is 36.3 Å². The average molecular weight is 298 g/mol. The highest BCUT2D eigenvalue weighted by atomic mass is 35.5. The van der Waals surface area contributed by atoms with E-state index in [9.17, 15) is 9.59 Å². The Labute approximate surface area is 124 Å². The van der Waals surface area contributed by atoms with Gasteiger partial charge >= 0.3 is 0 Å². The van der Waals surface area contributed by atoms with Crippen molar-refractivity contribution in [2.75, 3.05) is 19.3 Å². The standard InChI is InChI=1S/C14H19N3O2.ClH/c1-9-5-6-10(15)8-11(9)14(19)17-7-3-4-12(17)13(18)16-2;/h5-6,8,12H,3-4,7,15H2,1-2H3,(H,16,18);1H. The molecule has 110 valence electrons. The van der Waals surface area contributed by atoms with Crippen molar-refractivity contribution in [3.63, 3.8) is 0 Å². The Kier molecular flexibility index (Phi) is 5.39. The van der Waals surface area contributed by atoms with Gasteiger partial charge in [-0.05, 0) is 37.5 Å². The molecule has 1 unspecified atom stereocenters. The number of anilines is 1. The van der Waals surface area contributed by atoms with Crippen molar-refractivity contribution in [2.45, 2.75) is 25.8 Å². The fourth-order valence-corrected chi connectivity index (χ4v) is 2.47. The van der Waals surface area contributed by atoms with Gasteiger partial charge in [0.05, 0.1) is 0 Å². The van der Waals surface area contributed by atoms with E-state index >= 15 is 0 Å². The van der Waals surface area contributed by atoms with Crippen LogP contribution in [0.4, 0.5) is 5.69 Å². The van der Waals surface area contributed by atoms with Gasteiger partial charge < -0.3 is 16.0 Å². The number of hydrogen-bond acceptors (Lipinski definition) is 3. The number of likely N-dealkylation sites (N-methyl/N-ethyl adjacent to an activating group) is 1. The first-order valence-corrected chi connectivity index (χ1v) is 6.43. The molecule has 1 aromatic carbocycles. The van der Waals surface area contributed by atoms with Crippen LogP contribution in [0.2, 0.25) is 0 Å². The summed E-state index contributed by atoms with van der Waals surface area (Å²) in [5.74, 6) is -0.219. The second kappa shape index (κ2) is 6.61. The Balaban J connectivity index is 0.00000200. The molecule has 0 aromatic heterocycles. The van der Waals surface area contributed by atoms with Crippen LogP contribution in [0.15, 0.2) is 18.2 Å². The summed E-state index contributed by atoms with van der Waals surface area (Å²) in [5, 5.41) is 2.61.